The lowest BCUT2D eigenvalue weighted by atomic mass is 9.87. The van der Waals surface area contributed by atoms with Gasteiger partial charge in [0.05, 0.1) is 13.0 Å². The fourth-order valence-electron chi connectivity index (χ4n) is 3.83. The summed E-state index contributed by atoms with van der Waals surface area (Å²) in [5, 5.41) is 3.07. The fourth-order valence-corrected chi connectivity index (χ4v) is 3.83. The van der Waals surface area contributed by atoms with Crippen LogP contribution < -0.4 is 10.1 Å². The molecule has 0 unspecified atom stereocenters. The standard InChI is InChI=1S/C22H23FN2O3/c1-28-20-5-3-2-4-17(20)18-12-25(13-19(18)21(26)24-16-10-11-16)22(27)14-6-8-15(23)9-7-14/h2-9,16,18-19H,10-13H2,1H3,(H,24,26)/t18-,19-/m0/s1. The summed E-state index contributed by atoms with van der Waals surface area (Å²) in [6.07, 6.45) is 2.02. The van der Waals surface area contributed by atoms with Crippen LogP contribution in [0, 0.1) is 11.7 Å². The van der Waals surface area contributed by atoms with E-state index in [9.17, 15) is 14.0 Å². The number of hydrogen-bond acceptors (Lipinski definition) is 3. The summed E-state index contributed by atoms with van der Waals surface area (Å²) in [4.78, 5) is 27.5. The van der Waals surface area contributed by atoms with Crippen molar-refractivity contribution in [2.45, 2.75) is 24.8 Å². The number of methoxy groups -OCH3 is 1. The Labute approximate surface area is 163 Å². The van der Waals surface area contributed by atoms with Crippen LogP contribution in [-0.2, 0) is 4.79 Å². The summed E-state index contributed by atoms with van der Waals surface area (Å²) >= 11 is 0. The largest absolute Gasteiger partial charge is 0.496 e. The third-order valence-corrected chi connectivity index (χ3v) is 5.50. The monoisotopic (exact) mass is 382 g/mol. The molecule has 0 bridgehead atoms. The molecule has 5 nitrogen and oxygen atoms in total. The summed E-state index contributed by atoms with van der Waals surface area (Å²) in [5.41, 5.74) is 1.35. The van der Waals surface area contributed by atoms with E-state index in [1.54, 1.807) is 12.0 Å². The molecule has 6 heteroatoms. The molecule has 1 aliphatic carbocycles. The van der Waals surface area contributed by atoms with Crippen LogP contribution in [0.15, 0.2) is 48.5 Å². The molecule has 2 aromatic rings. The van der Waals surface area contributed by atoms with Crippen LogP contribution in [0.5, 0.6) is 5.75 Å². The smallest absolute Gasteiger partial charge is 0.253 e. The van der Waals surface area contributed by atoms with Gasteiger partial charge in [0, 0.05) is 30.6 Å². The number of rotatable bonds is 5. The molecule has 2 aliphatic rings. The van der Waals surface area contributed by atoms with Gasteiger partial charge in [0.15, 0.2) is 0 Å². The molecule has 1 saturated heterocycles. The van der Waals surface area contributed by atoms with E-state index in [1.807, 2.05) is 24.3 Å². The van der Waals surface area contributed by atoms with Crippen LogP contribution in [0.3, 0.4) is 0 Å². The van der Waals surface area contributed by atoms with Crippen LogP contribution in [0.2, 0.25) is 0 Å². The van der Waals surface area contributed by atoms with Crippen molar-refractivity contribution >= 4 is 11.8 Å². The average Bonchev–Trinajstić information content (AvgIpc) is 3.41. The molecular weight excluding hydrogens is 359 g/mol. The minimum absolute atomic E-state index is 0.0205. The van der Waals surface area contributed by atoms with Gasteiger partial charge in [0.25, 0.3) is 5.91 Å². The van der Waals surface area contributed by atoms with E-state index in [1.165, 1.54) is 24.3 Å². The molecule has 28 heavy (non-hydrogen) atoms. The van der Waals surface area contributed by atoms with Crippen molar-refractivity contribution in [2.24, 2.45) is 5.92 Å². The number of likely N-dealkylation sites (tertiary alicyclic amines) is 1. The van der Waals surface area contributed by atoms with Crippen molar-refractivity contribution in [1.29, 1.82) is 0 Å². The highest BCUT2D eigenvalue weighted by Crippen LogP contribution is 2.38. The molecule has 0 spiro atoms. The van der Waals surface area contributed by atoms with Gasteiger partial charge in [-0.1, -0.05) is 18.2 Å². The van der Waals surface area contributed by atoms with Gasteiger partial charge in [-0.15, -0.1) is 0 Å². The topological polar surface area (TPSA) is 58.6 Å². The molecule has 1 saturated carbocycles. The van der Waals surface area contributed by atoms with Crippen molar-refractivity contribution in [1.82, 2.24) is 10.2 Å². The van der Waals surface area contributed by atoms with Gasteiger partial charge < -0.3 is 15.0 Å². The van der Waals surface area contributed by atoms with Crippen molar-refractivity contribution in [3.8, 4) is 5.75 Å². The molecule has 2 fully saturated rings. The molecule has 0 radical (unpaired) electrons. The maximum Gasteiger partial charge on any atom is 0.253 e. The SMILES string of the molecule is COc1ccccc1[C@@H]1CN(C(=O)c2ccc(F)cc2)C[C@@H]1C(=O)NC1CC1. The summed E-state index contributed by atoms with van der Waals surface area (Å²) in [7, 11) is 1.61. The molecule has 1 aliphatic heterocycles. The van der Waals surface area contributed by atoms with Crippen LogP contribution in [0.1, 0.15) is 34.7 Å². The first-order chi connectivity index (χ1) is 13.6. The third-order valence-electron chi connectivity index (χ3n) is 5.50. The minimum atomic E-state index is -0.383. The summed E-state index contributed by atoms with van der Waals surface area (Å²) in [6, 6.07) is 13.4. The van der Waals surface area contributed by atoms with Gasteiger partial charge in [-0.25, -0.2) is 4.39 Å². The van der Waals surface area contributed by atoms with Crippen molar-refractivity contribution in [2.75, 3.05) is 20.2 Å². The quantitative estimate of drug-likeness (QED) is 0.865. The maximum absolute atomic E-state index is 13.2. The van der Waals surface area contributed by atoms with E-state index < -0.39 is 0 Å². The summed E-state index contributed by atoms with van der Waals surface area (Å²) < 4.78 is 18.7. The first-order valence-electron chi connectivity index (χ1n) is 9.55. The Bertz CT molecular complexity index is 880. The van der Waals surface area contributed by atoms with Gasteiger partial charge in [-0.05, 0) is 48.7 Å². The number of carbonyl (C=O) groups is 2. The predicted octanol–water partition coefficient (Wildman–Crippen LogP) is 2.97. The van der Waals surface area contributed by atoms with Gasteiger partial charge >= 0.3 is 0 Å². The van der Waals surface area contributed by atoms with E-state index in [0.29, 0.717) is 24.4 Å². The van der Waals surface area contributed by atoms with Crippen molar-refractivity contribution < 1.29 is 18.7 Å². The van der Waals surface area contributed by atoms with E-state index in [0.717, 1.165) is 18.4 Å². The normalized spacial score (nSPS) is 21.4. The zero-order chi connectivity index (χ0) is 19.7. The molecule has 2 atom stereocenters. The summed E-state index contributed by atoms with van der Waals surface area (Å²) in [6.45, 7) is 0.747. The minimum Gasteiger partial charge on any atom is -0.496 e. The number of ether oxygens (including phenoxy) is 1. The van der Waals surface area contributed by atoms with Crippen LogP contribution >= 0.6 is 0 Å². The van der Waals surface area contributed by atoms with Gasteiger partial charge in [0.1, 0.15) is 11.6 Å². The third kappa shape index (κ3) is 3.72. The van der Waals surface area contributed by atoms with Crippen molar-refractivity contribution in [3.63, 3.8) is 0 Å². The second-order valence-corrected chi connectivity index (χ2v) is 7.45. The predicted molar refractivity (Wildman–Crippen MR) is 103 cm³/mol. The van der Waals surface area contributed by atoms with Gasteiger partial charge in [-0.3, -0.25) is 9.59 Å². The number of amides is 2. The maximum atomic E-state index is 13.2. The summed E-state index contributed by atoms with van der Waals surface area (Å²) in [5.74, 6) is -0.380. The van der Waals surface area contributed by atoms with E-state index in [-0.39, 0.29) is 35.5 Å². The molecule has 2 amide bonds. The van der Waals surface area contributed by atoms with E-state index in [2.05, 4.69) is 5.32 Å². The molecule has 0 aromatic heterocycles. The van der Waals surface area contributed by atoms with Crippen LogP contribution in [0.4, 0.5) is 4.39 Å². The number of nitrogens with zero attached hydrogens (tertiary/aromatic N) is 1. The van der Waals surface area contributed by atoms with Crippen LogP contribution in [0.25, 0.3) is 0 Å². The second kappa shape index (κ2) is 7.62. The Kier molecular flexibility index (Phi) is 5.03. The highest BCUT2D eigenvalue weighted by atomic mass is 19.1. The average molecular weight is 382 g/mol. The first kappa shape index (κ1) is 18.5. The van der Waals surface area contributed by atoms with Crippen molar-refractivity contribution in [3.05, 3.63) is 65.5 Å². The Hall–Kier alpha value is -2.89. The molecule has 4 rings (SSSR count). The number of para-hydroxylation sites is 1. The highest BCUT2D eigenvalue weighted by Gasteiger charge is 2.42. The molecule has 1 N–H and O–H groups in total. The first-order valence-corrected chi connectivity index (χ1v) is 9.55. The number of halogens is 1. The Morgan fingerprint density at radius 1 is 1.07 bits per heavy atom. The lowest BCUT2D eigenvalue weighted by Crippen LogP contribution is -2.36. The number of benzene rings is 2. The lowest BCUT2D eigenvalue weighted by Gasteiger charge is -2.20. The van der Waals surface area contributed by atoms with E-state index >= 15 is 0 Å². The lowest BCUT2D eigenvalue weighted by molar-refractivity contribution is -0.125. The molecule has 1 heterocycles. The molecule has 2 aromatic carbocycles. The molecule has 146 valence electrons. The number of carbonyl (C=O) groups excluding carboxylic acids is 2. The molecular formula is C22H23FN2O3. The highest BCUT2D eigenvalue weighted by molar-refractivity contribution is 5.95. The Balaban J connectivity index is 1.61. The number of hydrogen-bond donors (Lipinski definition) is 1. The van der Waals surface area contributed by atoms with E-state index in [4.69, 9.17) is 4.74 Å². The second-order valence-electron chi connectivity index (χ2n) is 7.45. The Morgan fingerprint density at radius 2 is 1.79 bits per heavy atom. The zero-order valence-corrected chi connectivity index (χ0v) is 15.7. The number of nitrogens with one attached hydrogen (secondary N) is 1. The van der Waals surface area contributed by atoms with Gasteiger partial charge in [0.2, 0.25) is 5.91 Å². The zero-order valence-electron chi connectivity index (χ0n) is 15.7. The van der Waals surface area contributed by atoms with Crippen LogP contribution in [-0.4, -0.2) is 43.0 Å². The fraction of sp³-hybridized carbons (Fsp3) is 0.364. The van der Waals surface area contributed by atoms with Gasteiger partial charge in [-0.2, -0.15) is 0 Å². The Morgan fingerprint density at radius 3 is 2.46 bits per heavy atom.